The molecule has 0 radical (unpaired) electrons. The van der Waals surface area contributed by atoms with E-state index in [-0.39, 0.29) is 46.1 Å². The number of benzene rings is 1. The van der Waals surface area contributed by atoms with E-state index in [4.69, 9.17) is 16.3 Å². The first kappa shape index (κ1) is 27.9. The molecule has 1 atom stereocenters. The van der Waals surface area contributed by atoms with Gasteiger partial charge in [0.1, 0.15) is 11.5 Å². The maximum absolute atomic E-state index is 14.9. The third-order valence-corrected chi connectivity index (χ3v) is 7.73. The summed E-state index contributed by atoms with van der Waals surface area (Å²) in [6, 6.07) is 8.83. The van der Waals surface area contributed by atoms with Crippen LogP contribution in [0.2, 0.25) is 5.02 Å². The molecule has 40 heavy (non-hydrogen) atoms. The number of nitrogens with zero attached hydrogens (tertiary/aromatic N) is 3. The van der Waals surface area contributed by atoms with Crippen molar-refractivity contribution in [3.63, 3.8) is 0 Å². The minimum Gasteiger partial charge on any atom is -0.481 e. The van der Waals surface area contributed by atoms with Crippen LogP contribution in [-0.2, 0) is 10.4 Å². The SMILES string of the molecule is COc1cc(C2(O)C(=O)N(CC3CCC(NC(=O)c4cc(Cl)cnc4C(F)F)CC3)c3ccccc32)c(F)cn1. The monoisotopic (exact) mass is 574 g/mol. The summed E-state index contributed by atoms with van der Waals surface area (Å²) in [4.78, 5) is 35.3. The van der Waals surface area contributed by atoms with Crippen molar-refractivity contribution in [3.8, 4) is 5.88 Å². The first-order chi connectivity index (χ1) is 19.1. The molecular formula is C28H26ClF3N4O4. The van der Waals surface area contributed by atoms with Crippen molar-refractivity contribution in [1.82, 2.24) is 15.3 Å². The molecule has 1 aliphatic heterocycles. The van der Waals surface area contributed by atoms with E-state index >= 15 is 0 Å². The zero-order valence-electron chi connectivity index (χ0n) is 21.4. The van der Waals surface area contributed by atoms with Gasteiger partial charge in [-0.3, -0.25) is 14.6 Å². The van der Waals surface area contributed by atoms with Gasteiger partial charge in [0.05, 0.1) is 29.6 Å². The highest BCUT2D eigenvalue weighted by Gasteiger charge is 2.53. The molecular weight excluding hydrogens is 549 g/mol. The van der Waals surface area contributed by atoms with Crippen LogP contribution >= 0.6 is 11.6 Å². The number of anilines is 1. The highest BCUT2D eigenvalue weighted by Crippen LogP contribution is 2.46. The van der Waals surface area contributed by atoms with Gasteiger partial charge in [0, 0.05) is 36.0 Å². The third kappa shape index (κ3) is 4.99. The van der Waals surface area contributed by atoms with Crippen LogP contribution in [0, 0.1) is 11.7 Å². The zero-order valence-corrected chi connectivity index (χ0v) is 22.2. The molecule has 2 aliphatic rings. The summed E-state index contributed by atoms with van der Waals surface area (Å²) in [6.07, 6.45) is 1.42. The number of halogens is 4. The average molecular weight is 575 g/mol. The van der Waals surface area contributed by atoms with Gasteiger partial charge >= 0.3 is 0 Å². The number of aromatic nitrogens is 2. The highest BCUT2D eigenvalue weighted by atomic mass is 35.5. The second-order valence-electron chi connectivity index (χ2n) is 9.93. The van der Waals surface area contributed by atoms with Gasteiger partial charge in [0.2, 0.25) is 5.88 Å². The number of methoxy groups -OCH3 is 1. The summed E-state index contributed by atoms with van der Waals surface area (Å²) in [6.45, 7) is 0.274. The van der Waals surface area contributed by atoms with Crippen molar-refractivity contribution >= 4 is 29.1 Å². The number of nitrogens with one attached hydrogen (secondary N) is 1. The van der Waals surface area contributed by atoms with Crippen molar-refractivity contribution in [3.05, 3.63) is 82.0 Å². The van der Waals surface area contributed by atoms with Crippen LogP contribution in [0.1, 0.15) is 59.3 Å². The molecule has 1 unspecified atom stereocenters. The molecule has 3 heterocycles. The van der Waals surface area contributed by atoms with E-state index in [0.29, 0.717) is 31.4 Å². The van der Waals surface area contributed by atoms with Crippen molar-refractivity contribution in [2.24, 2.45) is 5.92 Å². The smallest absolute Gasteiger partial charge is 0.281 e. The summed E-state index contributed by atoms with van der Waals surface area (Å²) in [5.74, 6) is -2.10. The quantitative estimate of drug-likeness (QED) is 0.421. The molecule has 12 heteroatoms. The summed E-state index contributed by atoms with van der Waals surface area (Å²) >= 11 is 5.87. The molecule has 2 amide bonds. The fraction of sp³-hybridized carbons (Fsp3) is 0.357. The van der Waals surface area contributed by atoms with E-state index in [2.05, 4.69) is 15.3 Å². The number of hydrogen-bond acceptors (Lipinski definition) is 6. The van der Waals surface area contributed by atoms with Gasteiger partial charge in [-0.25, -0.2) is 18.2 Å². The number of para-hydroxylation sites is 1. The number of carbonyl (C=O) groups excluding carboxylic acids is 2. The molecule has 5 rings (SSSR count). The number of rotatable bonds is 7. The Hall–Kier alpha value is -3.70. The maximum atomic E-state index is 14.9. The molecule has 2 aromatic heterocycles. The van der Waals surface area contributed by atoms with Gasteiger partial charge in [-0.15, -0.1) is 0 Å². The Kier molecular flexibility index (Phi) is 7.70. The van der Waals surface area contributed by atoms with Crippen molar-refractivity contribution in [2.75, 3.05) is 18.6 Å². The Bertz CT molecular complexity index is 1450. The van der Waals surface area contributed by atoms with Crippen LogP contribution in [0.15, 0.2) is 48.8 Å². The Labute approximate surface area is 233 Å². The predicted molar refractivity (Wildman–Crippen MR) is 140 cm³/mol. The van der Waals surface area contributed by atoms with Crippen molar-refractivity contribution in [1.29, 1.82) is 0 Å². The van der Waals surface area contributed by atoms with Crippen molar-refractivity contribution < 1.29 is 32.6 Å². The van der Waals surface area contributed by atoms with Crippen LogP contribution in [0.25, 0.3) is 0 Å². The lowest BCUT2D eigenvalue weighted by atomic mass is 9.85. The lowest BCUT2D eigenvalue weighted by Crippen LogP contribution is -2.45. The van der Waals surface area contributed by atoms with Gasteiger partial charge in [0.25, 0.3) is 18.2 Å². The first-order valence-electron chi connectivity index (χ1n) is 12.7. The molecule has 1 aliphatic carbocycles. The van der Waals surface area contributed by atoms with E-state index in [1.165, 1.54) is 24.1 Å². The minimum absolute atomic E-state index is 0.0220. The number of aliphatic hydroxyl groups is 1. The average Bonchev–Trinajstić information content (AvgIpc) is 3.16. The van der Waals surface area contributed by atoms with Gasteiger partial charge < -0.3 is 20.1 Å². The Balaban J connectivity index is 1.29. The first-order valence-corrected chi connectivity index (χ1v) is 13.1. The fourth-order valence-electron chi connectivity index (χ4n) is 5.50. The lowest BCUT2D eigenvalue weighted by Gasteiger charge is -2.32. The number of ether oxygens (including phenoxy) is 1. The molecule has 0 bridgehead atoms. The summed E-state index contributed by atoms with van der Waals surface area (Å²) in [7, 11) is 1.35. The molecule has 210 valence electrons. The summed E-state index contributed by atoms with van der Waals surface area (Å²) in [5, 5.41) is 14.6. The van der Waals surface area contributed by atoms with E-state index in [1.807, 2.05) is 0 Å². The van der Waals surface area contributed by atoms with E-state index in [1.54, 1.807) is 24.3 Å². The van der Waals surface area contributed by atoms with Crippen LogP contribution in [-0.4, -0.2) is 46.6 Å². The van der Waals surface area contributed by atoms with E-state index < -0.39 is 35.4 Å². The number of fused-ring (bicyclic) bond motifs is 1. The lowest BCUT2D eigenvalue weighted by molar-refractivity contribution is -0.132. The van der Waals surface area contributed by atoms with Gasteiger partial charge in [-0.2, -0.15) is 0 Å². The second kappa shape index (κ2) is 11.1. The summed E-state index contributed by atoms with van der Waals surface area (Å²) in [5.41, 5.74) is -2.65. The second-order valence-corrected chi connectivity index (χ2v) is 10.4. The molecule has 8 nitrogen and oxygen atoms in total. The third-order valence-electron chi connectivity index (χ3n) is 7.53. The number of hydrogen-bond donors (Lipinski definition) is 2. The van der Waals surface area contributed by atoms with Gasteiger partial charge in [-0.1, -0.05) is 29.8 Å². The molecule has 1 saturated carbocycles. The predicted octanol–water partition coefficient (Wildman–Crippen LogP) is 4.79. The minimum atomic E-state index is -2.92. The molecule has 1 aromatic carbocycles. The highest BCUT2D eigenvalue weighted by molar-refractivity contribution is 6.30. The number of carbonyl (C=O) groups is 2. The Morgan fingerprint density at radius 1 is 1.18 bits per heavy atom. The van der Waals surface area contributed by atoms with E-state index in [0.717, 1.165) is 12.4 Å². The number of pyridine rings is 2. The molecule has 0 spiro atoms. The standard InChI is InChI=1S/C28H26ClF3N4O4/c1-40-23-11-20(21(30)13-33-23)28(39)19-4-2-3-5-22(19)36(27(28)38)14-15-6-8-17(9-7-15)35-26(37)18-10-16(29)12-34-24(18)25(31)32/h2-5,10-13,15,17,25,39H,6-9,14H2,1H3,(H,35,37). The summed E-state index contributed by atoms with van der Waals surface area (Å²) < 4.78 is 46.6. The van der Waals surface area contributed by atoms with Crippen molar-refractivity contribution in [2.45, 2.75) is 43.8 Å². The number of amides is 2. The normalized spacial score (nSPS) is 22.4. The molecule has 0 saturated heterocycles. The molecule has 3 aromatic rings. The van der Waals surface area contributed by atoms with Crippen LogP contribution in [0.5, 0.6) is 5.88 Å². The van der Waals surface area contributed by atoms with Crippen LogP contribution in [0.3, 0.4) is 0 Å². The maximum Gasteiger partial charge on any atom is 0.281 e. The van der Waals surface area contributed by atoms with Gasteiger partial charge in [0.15, 0.2) is 5.60 Å². The van der Waals surface area contributed by atoms with Crippen LogP contribution in [0.4, 0.5) is 18.9 Å². The fourth-order valence-corrected chi connectivity index (χ4v) is 5.66. The zero-order chi connectivity index (χ0) is 28.6. The van der Waals surface area contributed by atoms with Gasteiger partial charge in [-0.05, 0) is 43.7 Å². The largest absolute Gasteiger partial charge is 0.481 e. The molecule has 1 fully saturated rings. The topological polar surface area (TPSA) is 105 Å². The number of alkyl halides is 2. The van der Waals surface area contributed by atoms with Crippen LogP contribution < -0.4 is 15.0 Å². The van der Waals surface area contributed by atoms with E-state index in [9.17, 15) is 27.9 Å². The molecule has 2 N–H and O–H groups in total. The Morgan fingerprint density at radius 3 is 2.60 bits per heavy atom. The Morgan fingerprint density at radius 2 is 1.90 bits per heavy atom.